The summed E-state index contributed by atoms with van der Waals surface area (Å²) in [6, 6.07) is 21.1. The highest BCUT2D eigenvalue weighted by molar-refractivity contribution is 6.42. The fourth-order valence-corrected chi connectivity index (χ4v) is 3.96. The van der Waals surface area contributed by atoms with Crippen molar-refractivity contribution in [1.29, 1.82) is 0 Å². The minimum atomic E-state index is -0.815. The van der Waals surface area contributed by atoms with Gasteiger partial charge in [-0.05, 0) is 49.2 Å². The van der Waals surface area contributed by atoms with E-state index in [4.69, 9.17) is 9.47 Å². The van der Waals surface area contributed by atoms with E-state index in [1.807, 2.05) is 60.7 Å². The molecule has 1 heterocycles. The highest BCUT2D eigenvalue weighted by atomic mass is 19.1. The maximum Gasteiger partial charge on any atom is 0.292 e. The second-order valence-electron chi connectivity index (χ2n) is 8.47. The number of ketones is 1. The van der Waals surface area contributed by atoms with Crippen LogP contribution in [0.4, 0.5) is 4.39 Å². The summed E-state index contributed by atoms with van der Waals surface area (Å²) in [5.74, 6) is -2.38. The van der Waals surface area contributed by atoms with Crippen molar-refractivity contribution in [2.75, 3.05) is 26.2 Å². The van der Waals surface area contributed by atoms with Crippen LogP contribution in [0.5, 0.6) is 11.5 Å². The summed E-state index contributed by atoms with van der Waals surface area (Å²) in [4.78, 5) is 27.4. The average Bonchev–Trinajstić information content (AvgIpc) is 3.41. The number of carbonyl (C=O) groups excluding carboxylic acids is 2. The number of ether oxygens (including phenoxy) is 2. The third-order valence-electron chi connectivity index (χ3n) is 5.85. The zero-order valence-electron chi connectivity index (χ0n) is 19.5. The third-order valence-corrected chi connectivity index (χ3v) is 5.85. The Kier molecular flexibility index (Phi) is 8.46. The zero-order chi connectivity index (χ0) is 24.5. The number of hydrogen-bond acceptors (Lipinski definition) is 5. The molecule has 1 aliphatic rings. The molecule has 3 aromatic rings. The molecular weight excluding hydrogens is 447 g/mol. The maximum atomic E-state index is 15.1. The fourth-order valence-electron chi connectivity index (χ4n) is 3.96. The van der Waals surface area contributed by atoms with Crippen molar-refractivity contribution >= 4 is 11.7 Å². The van der Waals surface area contributed by atoms with Crippen LogP contribution in [0, 0.1) is 5.82 Å². The van der Waals surface area contributed by atoms with E-state index in [1.54, 1.807) is 0 Å². The third kappa shape index (κ3) is 6.90. The van der Waals surface area contributed by atoms with Crippen LogP contribution in [0.25, 0.3) is 0 Å². The molecule has 35 heavy (non-hydrogen) atoms. The van der Waals surface area contributed by atoms with Gasteiger partial charge in [-0.1, -0.05) is 60.7 Å². The first-order valence-electron chi connectivity index (χ1n) is 11.8. The van der Waals surface area contributed by atoms with Gasteiger partial charge in [-0.2, -0.15) is 0 Å². The molecule has 0 aliphatic carbocycles. The number of benzene rings is 3. The number of carbonyl (C=O) groups is 2. The van der Waals surface area contributed by atoms with Crippen LogP contribution in [0.3, 0.4) is 0 Å². The standard InChI is InChI=1S/C28H29FN2O4/c29-24-17-23(26(32)28(33)30-13-16-31-14-7-8-15-31)18-25(34-19-21-9-3-1-4-10-21)27(24)35-20-22-11-5-2-6-12-22/h1-6,9-12,17-18H,7-8,13-16,19-20H2,(H,30,33). The first-order valence-corrected chi connectivity index (χ1v) is 11.8. The van der Waals surface area contributed by atoms with Crippen molar-refractivity contribution in [3.63, 3.8) is 0 Å². The molecule has 0 aromatic heterocycles. The van der Waals surface area contributed by atoms with Crippen LogP contribution in [0.2, 0.25) is 0 Å². The van der Waals surface area contributed by atoms with Gasteiger partial charge in [0.25, 0.3) is 5.91 Å². The minimum Gasteiger partial charge on any atom is -0.485 e. The number of nitrogens with zero attached hydrogens (tertiary/aromatic N) is 1. The molecule has 0 radical (unpaired) electrons. The molecule has 6 nitrogen and oxygen atoms in total. The summed E-state index contributed by atoms with van der Waals surface area (Å²) in [6.07, 6.45) is 2.30. The van der Waals surface area contributed by atoms with Crippen LogP contribution < -0.4 is 14.8 Å². The van der Waals surface area contributed by atoms with Gasteiger partial charge in [-0.15, -0.1) is 0 Å². The van der Waals surface area contributed by atoms with E-state index in [0.29, 0.717) is 13.1 Å². The Hall–Kier alpha value is -3.71. The van der Waals surface area contributed by atoms with Crippen molar-refractivity contribution in [3.05, 3.63) is 95.3 Å². The summed E-state index contributed by atoms with van der Waals surface area (Å²) < 4.78 is 26.7. The van der Waals surface area contributed by atoms with Gasteiger partial charge in [0.15, 0.2) is 17.3 Å². The lowest BCUT2D eigenvalue weighted by atomic mass is 10.1. The van der Waals surface area contributed by atoms with Gasteiger partial charge >= 0.3 is 0 Å². The zero-order valence-corrected chi connectivity index (χ0v) is 19.5. The van der Waals surface area contributed by atoms with Gasteiger partial charge in [0.1, 0.15) is 13.2 Å². The van der Waals surface area contributed by atoms with E-state index in [9.17, 15) is 9.59 Å². The van der Waals surface area contributed by atoms with E-state index in [-0.39, 0.29) is 30.3 Å². The minimum absolute atomic E-state index is 0.0676. The fraction of sp³-hybridized carbons (Fsp3) is 0.286. The molecule has 0 saturated carbocycles. The molecule has 1 amide bonds. The number of likely N-dealkylation sites (tertiary alicyclic amines) is 1. The van der Waals surface area contributed by atoms with Gasteiger partial charge < -0.3 is 19.7 Å². The van der Waals surface area contributed by atoms with Crippen molar-refractivity contribution < 1.29 is 23.5 Å². The molecule has 0 spiro atoms. The van der Waals surface area contributed by atoms with Crippen LogP contribution in [0.15, 0.2) is 72.8 Å². The highest BCUT2D eigenvalue weighted by Crippen LogP contribution is 2.33. The predicted molar refractivity (Wildman–Crippen MR) is 131 cm³/mol. The summed E-state index contributed by atoms with van der Waals surface area (Å²) in [7, 11) is 0. The van der Waals surface area contributed by atoms with Gasteiger partial charge in [0, 0.05) is 18.7 Å². The Labute approximate surface area is 204 Å². The largest absolute Gasteiger partial charge is 0.485 e. The number of rotatable bonds is 11. The van der Waals surface area contributed by atoms with Gasteiger partial charge in [-0.25, -0.2) is 4.39 Å². The normalized spacial score (nSPS) is 13.4. The van der Waals surface area contributed by atoms with E-state index in [1.165, 1.54) is 6.07 Å². The molecule has 0 bridgehead atoms. The van der Waals surface area contributed by atoms with Crippen LogP contribution >= 0.6 is 0 Å². The molecular formula is C28H29FN2O4. The summed E-state index contributed by atoms with van der Waals surface area (Å²) >= 11 is 0. The quantitative estimate of drug-likeness (QED) is 0.329. The first kappa shape index (κ1) is 24.4. The van der Waals surface area contributed by atoms with Gasteiger partial charge in [0.05, 0.1) is 0 Å². The Morgan fingerprint density at radius 2 is 1.46 bits per heavy atom. The van der Waals surface area contributed by atoms with E-state index in [0.717, 1.165) is 43.1 Å². The Morgan fingerprint density at radius 1 is 0.857 bits per heavy atom. The summed E-state index contributed by atoms with van der Waals surface area (Å²) in [5, 5.41) is 2.64. The number of nitrogens with one attached hydrogen (secondary N) is 1. The summed E-state index contributed by atoms with van der Waals surface area (Å²) in [5.41, 5.74) is 1.65. The second-order valence-corrected chi connectivity index (χ2v) is 8.47. The molecule has 1 N–H and O–H groups in total. The predicted octanol–water partition coefficient (Wildman–Crippen LogP) is 4.38. The summed E-state index contributed by atoms with van der Waals surface area (Å²) in [6.45, 7) is 3.34. The van der Waals surface area contributed by atoms with Crippen molar-refractivity contribution in [2.45, 2.75) is 26.1 Å². The Morgan fingerprint density at radius 3 is 2.09 bits per heavy atom. The number of Topliss-reactive ketones (excluding diaryl/α,β-unsaturated/α-hetero) is 1. The number of halogens is 1. The van der Waals surface area contributed by atoms with Crippen molar-refractivity contribution in [1.82, 2.24) is 10.2 Å². The van der Waals surface area contributed by atoms with E-state index in [2.05, 4.69) is 10.2 Å². The lowest BCUT2D eigenvalue weighted by Crippen LogP contribution is -2.37. The molecule has 4 rings (SSSR count). The molecule has 0 atom stereocenters. The number of hydrogen-bond donors (Lipinski definition) is 1. The maximum absolute atomic E-state index is 15.1. The first-order chi connectivity index (χ1) is 17.1. The molecule has 1 saturated heterocycles. The molecule has 1 aliphatic heterocycles. The second kappa shape index (κ2) is 12.1. The molecule has 0 unspecified atom stereocenters. The SMILES string of the molecule is O=C(NCCN1CCCC1)C(=O)c1cc(F)c(OCc2ccccc2)c(OCc2ccccc2)c1. The number of amides is 1. The molecule has 3 aromatic carbocycles. The monoisotopic (exact) mass is 476 g/mol. The van der Waals surface area contributed by atoms with Crippen LogP contribution in [0.1, 0.15) is 34.3 Å². The van der Waals surface area contributed by atoms with Crippen LogP contribution in [-0.2, 0) is 18.0 Å². The molecule has 182 valence electrons. The van der Waals surface area contributed by atoms with E-state index >= 15 is 4.39 Å². The Balaban J connectivity index is 1.48. The van der Waals surface area contributed by atoms with E-state index < -0.39 is 17.5 Å². The molecule has 1 fully saturated rings. The molecule has 7 heteroatoms. The van der Waals surface area contributed by atoms with Gasteiger partial charge in [0.2, 0.25) is 5.78 Å². The highest BCUT2D eigenvalue weighted by Gasteiger charge is 2.22. The van der Waals surface area contributed by atoms with Crippen molar-refractivity contribution in [2.24, 2.45) is 0 Å². The lowest BCUT2D eigenvalue weighted by molar-refractivity contribution is -0.117. The topological polar surface area (TPSA) is 67.9 Å². The lowest BCUT2D eigenvalue weighted by Gasteiger charge is -2.16. The smallest absolute Gasteiger partial charge is 0.292 e. The van der Waals surface area contributed by atoms with Crippen molar-refractivity contribution in [3.8, 4) is 11.5 Å². The Bertz CT molecular complexity index is 1130. The van der Waals surface area contributed by atoms with Gasteiger partial charge in [-0.3, -0.25) is 9.59 Å². The van der Waals surface area contributed by atoms with Crippen LogP contribution in [-0.4, -0.2) is 42.8 Å². The average molecular weight is 477 g/mol.